The number of β-amino-alcohol motifs (C(OH)–C–C–N with tert-alkyl or cyclic N) is 1. The van der Waals surface area contributed by atoms with Gasteiger partial charge in [0.1, 0.15) is 23.5 Å². The van der Waals surface area contributed by atoms with Crippen LogP contribution in [0.3, 0.4) is 0 Å². The van der Waals surface area contributed by atoms with Crippen LogP contribution in [0, 0.1) is 17.8 Å². The van der Waals surface area contributed by atoms with Crippen LogP contribution in [-0.2, 0) is 38.7 Å². The van der Waals surface area contributed by atoms with Gasteiger partial charge in [-0.1, -0.05) is 81.4 Å². The molecule has 1 spiro atoms. The molecule has 2 aromatic heterocycles. The number of aliphatic hydroxyl groups excluding tert-OH is 1. The summed E-state index contributed by atoms with van der Waals surface area (Å²) in [7, 11) is 0. The third-order valence-corrected chi connectivity index (χ3v) is 15.7. The smallest absolute Gasteiger partial charge is 0.246 e. The molecule has 7 N–H and O–H groups in total. The maximum Gasteiger partial charge on any atom is 0.246 e. The molecule has 3 aliphatic rings. The zero-order chi connectivity index (χ0) is 51.7. The molecule has 4 amide bonds. The van der Waals surface area contributed by atoms with E-state index in [1.807, 2.05) is 87.8 Å². The number of nitrogens with zero attached hydrogens (tertiary/aromatic N) is 6. The van der Waals surface area contributed by atoms with Crippen LogP contribution in [0.2, 0.25) is 0 Å². The van der Waals surface area contributed by atoms with Crippen LogP contribution in [-0.4, -0.2) is 134 Å². The van der Waals surface area contributed by atoms with E-state index < -0.39 is 23.6 Å². The number of carbonyl (C=O) groups is 4. The van der Waals surface area contributed by atoms with Crippen molar-refractivity contribution in [3.8, 4) is 33.2 Å². The molecule has 0 unspecified atom stereocenters. The number of hydrogen-bond acceptors (Lipinski definition) is 14. The van der Waals surface area contributed by atoms with Crippen molar-refractivity contribution in [2.45, 2.75) is 104 Å². The van der Waals surface area contributed by atoms with Gasteiger partial charge in [-0.3, -0.25) is 24.1 Å². The Balaban J connectivity index is 0.717. The van der Waals surface area contributed by atoms with Crippen molar-refractivity contribution in [3.63, 3.8) is 0 Å². The highest BCUT2D eigenvalue weighted by Gasteiger charge is 2.45. The minimum Gasteiger partial charge on any atom is -0.507 e. The number of aromatic hydroxyl groups is 1. The number of piperidine rings is 2. The first-order valence-electron chi connectivity index (χ1n) is 25.4. The summed E-state index contributed by atoms with van der Waals surface area (Å²) in [6.45, 7) is 13.1. The van der Waals surface area contributed by atoms with Gasteiger partial charge in [0, 0.05) is 57.1 Å². The first-order valence-corrected chi connectivity index (χ1v) is 26.3. The van der Waals surface area contributed by atoms with Crippen LogP contribution < -0.4 is 26.4 Å². The van der Waals surface area contributed by atoms with E-state index in [9.17, 15) is 29.4 Å². The number of aryl methyl sites for hydroxylation is 1. The summed E-state index contributed by atoms with van der Waals surface area (Å²) in [4.78, 5) is 65.7. The number of likely N-dealkylation sites (tertiary alicyclic amines) is 3. The van der Waals surface area contributed by atoms with Crippen LogP contribution in [0.4, 0.5) is 5.82 Å². The molecule has 0 radical (unpaired) electrons. The lowest BCUT2D eigenvalue weighted by Gasteiger charge is -2.47. The molecule has 3 aromatic carbocycles. The SMILES string of the molecule is Cc1ncsc1-c1ccc(CNC(=O)[C@@H]2C[C@@H](O)CN2C(=O)[C@@H](NC(=O)CN2CCC3(CCN(CCC(=O)NCc4ccc(CCOc5cc(-c6ccccc6O)nnc5N)cc4)CC3)CC2)C(C)(C)C)cc1. The second-order valence-corrected chi connectivity index (χ2v) is 21.9. The predicted octanol–water partition coefficient (Wildman–Crippen LogP) is 5.48. The van der Waals surface area contributed by atoms with Crippen molar-refractivity contribution < 1.29 is 34.1 Å². The molecule has 0 saturated carbocycles. The fourth-order valence-corrected chi connectivity index (χ4v) is 10.9. The van der Waals surface area contributed by atoms with E-state index in [2.05, 4.69) is 40.9 Å². The number of anilines is 1. The summed E-state index contributed by atoms with van der Waals surface area (Å²) < 4.78 is 5.94. The van der Waals surface area contributed by atoms with Crippen molar-refractivity contribution in [3.05, 3.63) is 107 Å². The van der Waals surface area contributed by atoms with Crippen LogP contribution in [0.15, 0.2) is 84.4 Å². The second kappa shape index (κ2) is 23.6. The van der Waals surface area contributed by atoms with Crippen LogP contribution >= 0.6 is 11.3 Å². The zero-order valence-electron chi connectivity index (χ0n) is 42.4. The lowest BCUT2D eigenvalue weighted by atomic mass is 9.71. The first kappa shape index (κ1) is 52.8. The number of hydrogen-bond donors (Lipinski definition) is 6. The Bertz CT molecular complexity index is 2690. The fourth-order valence-electron chi connectivity index (χ4n) is 10.1. The van der Waals surface area contributed by atoms with E-state index in [1.54, 1.807) is 35.6 Å². The van der Waals surface area contributed by atoms with Gasteiger partial charge in [-0.05, 0) is 104 Å². The summed E-state index contributed by atoms with van der Waals surface area (Å²) in [5, 5.41) is 38.0. The lowest BCUT2D eigenvalue weighted by molar-refractivity contribution is -0.144. The van der Waals surface area contributed by atoms with E-state index in [0.717, 1.165) is 84.7 Å². The number of carbonyl (C=O) groups excluding carboxylic acids is 4. The largest absolute Gasteiger partial charge is 0.507 e. The number of aliphatic hydroxyl groups is 1. The summed E-state index contributed by atoms with van der Waals surface area (Å²) in [5.74, 6) is -0.252. The van der Waals surface area contributed by atoms with E-state index in [0.29, 0.717) is 49.5 Å². The summed E-state index contributed by atoms with van der Waals surface area (Å²) in [6, 6.07) is 22.8. The number of amides is 4. The van der Waals surface area contributed by atoms with Crippen molar-refractivity contribution in [2.24, 2.45) is 10.8 Å². The average Bonchev–Trinajstić information content (AvgIpc) is 4.00. The highest BCUT2D eigenvalue weighted by molar-refractivity contribution is 7.13. The quantitative estimate of drug-likeness (QED) is 0.0640. The molecular formula is C55H70N10O7S. The Kier molecular flexibility index (Phi) is 17.1. The Labute approximate surface area is 431 Å². The minimum absolute atomic E-state index is 0.0195. The van der Waals surface area contributed by atoms with Gasteiger partial charge in [0.15, 0.2) is 11.6 Å². The number of rotatable bonds is 18. The standard InChI is InChI=1S/C55H70N10O7S/c1-36-49(73-35-59-36)40-15-13-39(14-16-40)32-58-52(70)44-29-41(66)33-65(44)53(71)50(54(2,3)4)60-48(69)34-64-26-21-55(22-27-64)19-24-63(25-20-55)23-17-47(68)57-31-38-11-9-37(10-12-38)18-28-72-46-30-43(61-62-51(46)56)42-7-5-6-8-45(42)67/h5-16,30,35,41,44,50,66-67H,17-29,31-34H2,1-4H3,(H2,56,62)(H,57,68)(H,58,70)(H,60,69)/t41-,44+,50-/m1/s1. The third-order valence-electron chi connectivity index (χ3n) is 14.7. The molecule has 8 rings (SSSR count). The minimum atomic E-state index is -0.887. The van der Waals surface area contributed by atoms with Gasteiger partial charge in [-0.15, -0.1) is 21.5 Å². The second-order valence-electron chi connectivity index (χ2n) is 21.0. The number of nitrogen functional groups attached to an aromatic ring is 1. The van der Waals surface area contributed by atoms with Crippen LogP contribution in [0.5, 0.6) is 11.5 Å². The zero-order valence-corrected chi connectivity index (χ0v) is 43.3. The van der Waals surface area contributed by atoms with Gasteiger partial charge in [0.25, 0.3) is 0 Å². The maximum atomic E-state index is 14.2. The number of para-hydroxylation sites is 1. The molecule has 0 aliphatic carbocycles. The van der Waals surface area contributed by atoms with Crippen molar-refractivity contribution in [1.29, 1.82) is 0 Å². The Morgan fingerprint density at radius 2 is 1.51 bits per heavy atom. The van der Waals surface area contributed by atoms with Gasteiger partial charge < -0.3 is 46.4 Å². The molecule has 3 aliphatic heterocycles. The van der Waals surface area contributed by atoms with Gasteiger partial charge in [-0.2, -0.15) is 0 Å². The highest BCUT2D eigenvalue weighted by atomic mass is 32.1. The molecule has 3 atom stereocenters. The highest BCUT2D eigenvalue weighted by Crippen LogP contribution is 2.41. The monoisotopic (exact) mass is 1010 g/mol. The first-order chi connectivity index (χ1) is 35.0. The van der Waals surface area contributed by atoms with Gasteiger partial charge >= 0.3 is 0 Å². The van der Waals surface area contributed by atoms with E-state index in [1.165, 1.54) is 4.90 Å². The van der Waals surface area contributed by atoms with Crippen molar-refractivity contribution in [1.82, 2.24) is 45.8 Å². The molecular weight excluding hydrogens is 945 g/mol. The Morgan fingerprint density at radius 3 is 2.16 bits per heavy atom. The number of nitrogens with one attached hydrogen (secondary N) is 3. The fraction of sp³-hybridized carbons (Fsp3) is 0.473. The lowest BCUT2D eigenvalue weighted by Crippen LogP contribution is -2.59. The molecule has 3 fully saturated rings. The molecule has 5 aromatic rings. The molecule has 73 heavy (non-hydrogen) atoms. The Morgan fingerprint density at radius 1 is 0.863 bits per heavy atom. The molecule has 0 bridgehead atoms. The molecule has 17 nitrogen and oxygen atoms in total. The summed E-state index contributed by atoms with van der Waals surface area (Å²) >= 11 is 1.58. The number of benzene rings is 3. The van der Waals surface area contributed by atoms with Crippen LogP contribution in [0.25, 0.3) is 21.7 Å². The summed E-state index contributed by atoms with van der Waals surface area (Å²) in [6.07, 6.45) is 4.42. The molecule has 5 heterocycles. The number of thiazole rings is 1. The van der Waals surface area contributed by atoms with Gasteiger partial charge in [0.2, 0.25) is 23.6 Å². The van der Waals surface area contributed by atoms with Gasteiger partial charge in [0.05, 0.1) is 35.3 Å². The number of aromatic nitrogens is 3. The van der Waals surface area contributed by atoms with E-state index in [-0.39, 0.29) is 66.7 Å². The number of phenols is 1. The predicted molar refractivity (Wildman–Crippen MR) is 281 cm³/mol. The molecule has 18 heteroatoms. The summed E-state index contributed by atoms with van der Waals surface area (Å²) in [5.41, 5.74) is 13.4. The van der Waals surface area contributed by atoms with Gasteiger partial charge in [-0.25, -0.2) is 4.98 Å². The topological polar surface area (TPSA) is 228 Å². The van der Waals surface area contributed by atoms with Crippen molar-refractivity contribution in [2.75, 3.05) is 58.2 Å². The van der Waals surface area contributed by atoms with Crippen molar-refractivity contribution >= 4 is 40.8 Å². The Hall–Kier alpha value is -6.47. The third kappa shape index (κ3) is 13.8. The normalized spacial score (nSPS) is 18.6. The average molecular weight is 1020 g/mol. The number of ether oxygens (including phenoxy) is 1. The van der Waals surface area contributed by atoms with Crippen LogP contribution in [0.1, 0.15) is 81.7 Å². The van der Waals surface area contributed by atoms with E-state index >= 15 is 0 Å². The number of nitrogens with two attached hydrogens (primary N) is 1. The maximum absolute atomic E-state index is 14.2. The molecule has 3 saturated heterocycles. The number of phenolic OH excluding ortho intramolecular Hbond substituents is 1. The van der Waals surface area contributed by atoms with E-state index in [4.69, 9.17) is 10.5 Å². The molecule has 388 valence electrons.